The Hall–Kier alpha value is -2.04. The van der Waals surface area contributed by atoms with E-state index in [0.717, 1.165) is 5.76 Å². The summed E-state index contributed by atoms with van der Waals surface area (Å²) in [6.45, 7) is 5.89. The molecule has 0 bridgehead atoms. The molecule has 0 spiro atoms. The second-order valence-electron chi connectivity index (χ2n) is 4.40. The molecule has 0 radical (unpaired) electrons. The highest BCUT2D eigenvalue weighted by Crippen LogP contribution is 2.09. The van der Waals surface area contributed by atoms with Gasteiger partial charge in [-0.25, -0.2) is 0 Å². The molecule has 0 saturated heterocycles. The molecule has 0 aliphatic rings. The number of rotatable bonds is 6. The molecule has 5 heteroatoms. The van der Waals surface area contributed by atoms with Crippen molar-refractivity contribution < 1.29 is 19.1 Å². The van der Waals surface area contributed by atoms with Crippen molar-refractivity contribution in [3.8, 4) is 0 Å². The number of amides is 1. The molecule has 1 heterocycles. The van der Waals surface area contributed by atoms with Crippen LogP contribution in [0.4, 0.5) is 0 Å². The lowest BCUT2D eigenvalue weighted by molar-refractivity contribution is -0.142. The molecule has 0 aromatic carbocycles. The van der Waals surface area contributed by atoms with E-state index in [4.69, 9.17) is 9.52 Å². The van der Waals surface area contributed by atoms with Crippen LogP contribution in [0.2, 0.25) is 0 Å². The number of hydrogen-bond acceptors (Lipinski definition) is 3. The number of aryl methyl sites for hydroxylation is 1. The fourth-order valence-corrected chi connectivity index (χ4v) is 1.59. The second-order valence-corrected chi connectivity index (χ2v) is 4.40. The van der Waals surface area contributed by atoms with Gasteiger partial charge in [-0.05, 0) is 32.1 Å². The average molecular weight is 265 g/mol. The number of aliphatic carboxylic acids is 1. The van der Waals surface area contributed by atoms with Crippen LogP contribution >= 0.6 is 0 Å². The van der Waals surface area contributed by atoms with Crippen molar-refractivity contribution >= 4 is 18.0 Å². The number of carboxylic acid groups (broad SMARTS) is 1. The van der Waals surface area contributed by atoms with Crippen molar-refractivity contribution in [3.05, 3.63) is 29.7 Å². The number of carbonyl (C=O) groups is 2. The Morgan fingerprint density at radius 1 is 1.47 bits per heavy atom. The average Bonchev–Trinajstić information content (AvgIpc) is 2.78. The third kappa shape index (κ3) is 4.62. The van der Waals surface area contributed by atoms with Crippen molar-refractivity contribution in [1.29, 1.82) is 0 Å². The van der Waals surface area contributed by atoms with Crippen LogP contribution in [0.3, 0.4) is 0 Å². The summed E-state index contributed by atoms with van der Waals surface area (Å²) in [6.07, 6.45) is 2.99. The first-order valence-electron chi connectivity index (χ1n) is 6.20. The Balaban J connectivity index is 2.63. The number of hydrogen-bond donors (Lipinski definition) is 1. The van der Waals surface area contributed by atoms with Gasteiger partial charge in [-0.3, -0.25) is 9.59 Å². The smallest absolute Gasteiger partial charge is 0.308 e. The van der Waals surface area contributed by atoms with Gasteiger partial charge in [-0.2, -0.15) is 0 Å². The molecule has 1 N–H and O–H groups in total. The quantitative estimate of drug-likeness (QED) is 0.800. The third-order valence-corrected chi connectivity index (χ3v) is 2.76. The largest absolute Gasteiger partial charge is 0.481 e. The molecule has 0 fully saturated rings. The van der Waals surface area contributed by atoms with E-state index in [-0.39, 0.29) is 12.5 Å². The highest BCUT2D eigenvalue weighted by molar-refractivity contribution is 5.91. The molecule has 1 unspecified atom stereocenters. The minimum Gasteiger partial charge on any atom is -0.481 e. The number of nitrogens with zero attached hydrogens (tertiary/aromatic N) is 1. The molecule has 1 amide bonds. The Kier molecular flexibility index (Phi) is 5.36. The molecule has 1 aromatic heterocycles. The fourth-order valence-electron chi connectivity index (χ4n) is 1.59. The lowest BCUT2D eigenvalue weighted by Crippen LogP contribution is -2.35. The molecule has 5 nitrogen and oxygen atoms in total. The first kappa shape index (κ1) is 15.0. The zero-order valence-electron chi connectivity index (χ0n) is 11.4. The highest BCUT2D eigenvalue weighted by atomic mass is 16.4. The lowest BCUT2D eigenvalue weighted by atomic mass is 10.1. The van der Waals surface area contributed by atoms with Gasteiger partial charge >= 0.3 is 5.97 Å². The van der Waals surface area contributed by atoms with Crippen LogP contribution < -0.4 is 0 Å². The normalized spacial score (nSPS) is 12.6. The van der Waals surface area contributed by atoms with Gasteiger partial charge in [0.1, 0.15) is 11.5 Å². The van der Waals surface area contributed by atoms with Gasteiger partial charge in [0, 0.05) is 19.2 Å². The van der Waals surface area contributed by atoms with E-state index in [0.29, 0.717) is 12.3 Å². The molecular formula is C14H19NO4. The van der Waals surface area contributed by atoms with Crippen molar-refractivity contribution in [3.63, 3.8) is 0 Å². The van der Waals surface area contributed by atoms with Crippen LogP contribution in [0.5, 0.6) is 0 Å². The number of carbonyl (C=O) groups excluding carboxylic acids is 1. The summed E-state index contributed by atoms with van der Waals surface area (Å²) in [5.41, 5.74) is 0. The zero-order valence-corrected chi connectivity index (χ0v) is 11.4. The summed E-state index contributed by atoms with van der Waals surface area (Å²) in [5.74, 6) is -0.322. The van der Waals surface area contributed by atoms with Crippen LogP contribution in [0, 0.1) is 12.8 Å². The number of likely N-dealkylation sites (N-methyl/N-ethyl adjacent to an activating group) is 1. The summed E-state index contributed by atoms with van der Waals surface area (Å²) in [6, 6.07) is 3.59. The van der Waals surface area contributed by atoms with Crippen LogP contribution in [-0.2, 0) is 9.59 Å². The predicted octanol–water partition coefficient (Wildman–Crippen LogP) is 2.17. The molecule has 1 atom stereocenters. The Morgan fingerprint density at radius 3 is 2.63 bits per heavy atom. The van der Waals surface area contributed by atoms with Crippen molar-refractivity contribution in [2.75, 3.05) is 13.1 Å². The summed E-state index contributed by atoms with van der Waals surface area (Å²) in [5, 5.41) is 8.85. The lowest BCUT2D eigenvalue weighted by Gasteiger charge is -2.21. The molecular weight excluding hydrogens is 246 g/mol. The summed E-state index contributed by atoms with van der Waals surface area (Å²) in [4.78, 5) is 24.2. The molecule has 19 heavy (non-hydrogen) atoms. The Morgan fingerprint density at radius 2 is 2.16 bits per heavy atom. The van der Waals surface area contributed by atoms with Gasteiger partial charge in [-0.1, -0.05) is 6.92 Å². The summed E-state index contributed by atoms with van der Waals surface area (Å²) < 4.78 is 5.31. The maximum Gasteiger partial charge on any atom is 0.308 e. The number of furan rings is 1. The van der Waals surface area contributed by atoms with E-state index >= 15 is 0 Å². The molecule has 0 saturated carbocycles. The standard InChI is InChI=1S/C14H19NO4/c1-4-15(9-10(2)14(17)18)13(16)8-7-12-6-5-11(3)19-12/h5-8,10H,4,9H2,1-3H3,(H,17,18). The highest BCUT2D eigenvalue weighted by Gasteiger charge is 2.17. The third-order valence-electron chi connectivity index (χ3n) is 2.76. The first-order chi connectivity index (χ1) is 8.93. The van der Waals surface area contributed by atoms with Gasteiger partial charge in [0.25, 0.3) is 0 Å². The molecule has 1 aromatic rings. The Labute approximate surface area is 112 Å². The topological polar surface area (TPSA) is 70.8 Å². The van der Waals surface area contributed by atoms with Crippen molar-refractivity contribution in [2.45, 2.75) is 20.8 Å². The van der Waals surface area contributed by atoms with E-state index in [9.17, 15) is 9.59 Å². The maximum absolute atomic E-state index is 11.9. The minimum atomic E-state index is -0.906. The number of carboxylic acids is 1. The molecule has 104 valence electrons. The van der Waals surface area contributed by atoms with Crippen molar-refractivity contribution in [2.24, 2.45) is 5.92 Å². The van der Waals surface area contributed by atoms with E-state index in [1.807, 2.05) is 19.9 Å². The van der Waals surface area contributed by atoms with E-state index in [1.54, 1.807) is 19.1 Å². The predicted molar refractivity (Wildman–Crippen MR) is 71.5 cm³/mol. The molecule has 1 rings (SSSR count). The van der Waals surface area contributed by atoms with Crippen LogP contribution in [0.1, 0.15) is 25.4 Å². The van der Waals surface area contributed by atoms with Crippen LogP contribution in [0.25, 0.3) is 6.08 Å². The van der Waals surface area contributed by atoms with Gasteiger partial charge in [0.2, 0.25) is 5.91 Å². The minimum absolute atomic E-state index is 0.201. The zero-order chi connectivity index (χ0) is 14.4. The monoisotopic (exact) mass is 265 g/mol. The van der Waals surface area contributed by atoms with E-state index in [2.05, 4.69) is 0 Å². The Bertz CT molecular complexity index is 476. The summed E-state index contributed by atoms with van der Waals surface area (Å²) >= 11 is 0. The van der Waals surface area contributed by atoms with Gasteiger partial charge < -0.3 is 14.4 Å². The van der Waals surface area contributed by atoms with Gasteiger partial charge in [0.15, 0.2) is 0 Å². The van der Waals surface area contributed by atoms with Gasteiger partial charge in [-0.15, -0.1) is 0 Å². The van der Waals surface area contributed by atoms with E-state index < -0.39 is 11.9 Å². The fraction of sp³-hybridized carbons (Fsp3) is 0.429. The van der Waals surface area contributed by atoms with E-state index in [1.165, 1.54) is 11.0 Å². The van der Waals surface area contributed by atoms with Crippen molar-refractivity contribution in [1.82, 2.24) is 4.90 Å². The molecule has 0 aliphatic carbocycles. The van der Waals surface area contributed by atoms with Gasteiger partial charge in [0.05, 0.1) is 5.92 Å². The second kappa shape index (κ2) is 6.78. The van der Waals surface area contributed by atoms with Crippen LogP contribution in [-0.4, -0.2) is 35.0 Å². The molecule has 0 aliphatic heterocycles. The first-order valence-corrected chi connectivity index (χ1v) is 6.20. The maximum atomic E-state index is 11.9. The SMILES string of the molecule is CCN(CC(C)C(=O)O)C(=O)C=Cc1ccc(C)o1. The van der Waals surface area contributed by atoms with Crippen LogP contribution in [0.15, 0.2) is 22.6 Å². The summed E-state index contributed by atoms with van der Waals surface area (Å²) in [7, 11) is 0.